The molecule has 1 aliphatic carbocycles. The summed E-state index contributed by atoms with van der Waals surface area (Å²) >= 11 is 0. The highest BCUT2D eigenvalue weighted by Crippen LogP contribution is 2.26. The van der Waals surface area contributed by atoms with Gasteiger partial charge in [0.1, 0.15) is 5.82 Å². The molecule has 1 aromatic heterocycles. The van der Waals surface area contributed by atoms with E-state index >= 15 is 0 Å². The van der Waals surface area contributed by atoms with Gasteiger partial charge in [-0.25, -0.2) is 8.42 Å². The Balaban J connectivity index is 1.82. The van der Waals surface area contributed by atoms with Gasteiger partial charge in [-0.3, -0.25) is 4.68 Å². The van der Waals surface area contributed by atoms with Crippen molar-refractivity contribution in [3.8, 4) is 0 Å². The van der Waals surface area contributed by atoms with Crippen molar-refractivity contribution in [3.05, 3.63) is 11.3 Å². The van der Waals surface area contributed by atoms with Crippen molar-refractivity contribution in [1.29, 1.82) is 0 Å². The van der Waals surface area contributed by atoms with Crippen molar-refractivity contribution in [3.63, 3.8) is 0 Å². The molecule has 0 bridgehead atoms. The van der Waals surface area contributed by atoms with Crippen LogP contribution in [0.15, 0.2) is 0 Å². The molecule has 6 nitrogen and oxygen atoms in total. The number of nitrogens with one attached hydrogen (secondary N) is 1. The molecule has 21 heavy (non-hydrogen) atoms. The Kier molecular flexibility index (Phi) is 3.96. The molecule has 1 aromatic rings. The van der Waals surface area contributed by atoms with E-state index in [2.05, 4.69) is 15.3 Å². The summed E-state index contributed by atoms with van der Waals surface area (Å²) in [7, 11) is -0.935. The van der Waals surface area contributed by atoms with Gasteiger partial charge in [-0.1, -0.05) is 0 Å². The molecule has 1 N–H and O–H groups in total. The Morgan fingerprint density at radius 3 is 2.76 bits per heavy atom. The second kappa shape index (κ2) is 5.61. The van der Waals surface area contributed by atoms with Crippen molar-refractivity contribution in [2.75, 3.05) is 29.5 Å². The van der Waals surface area contributed by atoms with Gasteiger partial charge in [-0.05, 0) is 26.2 Å². The monoisotopic (exact) mass is 312 g/mol. The maximum Gasteiger partial charge on any atom is 0.152 e. The quantitative estimate of drug-likeness (QED) is 0.882. The van der Waals surface area contributed by atoms with E-state index in [-0.39, 0.29) is 5.75 Å². The lowest BCUT2D eigenvalue weighted by Crippen LogP contribution is -2.30. The molecule has 1 aliphatic heterocycles. The van der Waals surface area contributed by atoms with E-state index < -0.39 is 9.84 Å². The third-order valence-electron chi connectivity index (χ3n) is 4.31. The molecule has 0 unspecified atom stereocenters. The van der Waals surface area contributed by atoms with Crippen molar-refractivity contribution < 1.29 is 8.42 Å². The van der Waals surface area contributed by atoms with Crippen LogP contribution in [0.25, 0.3) is 0 Å². The Labute approximate surface area is 126 Å². The van der Waals surface area contributed by atoms with Crippen LogP contribution in [0.2, 0.25) is 0 Å². The van der Waals surface area contributed by atoms with Gasteiger partial charge in [0.2, 0.25) is 0 Å². The number of aromatic nitrogens is 2. The van der Waals surface area contributed by atoms with E-state index in [1.807, 2.05) is 18.7 Å². The van der Waals surface area contributed by atoms with Gasteiger partial charge in [0, 0.05) is 38.3 Å². The summed E-state index contributed by atoms with van der Waals surface area (Å²) in [5.74, 6) is 1.63. The number of sulfone groups is 1. The number of anilines is 1. The van der Waals surface area contributed by atoms with Gasteiger partial charge in [0.25, 0.3) is 0 Å². The van der Waals surface area contributed by atoms with Gasteiger partial charge in [-0.15, -0.1) is 0 Å². The maximum absolute atomic E-state index is 11.8. The van der Waals surface area contributed by atoms with Gasteiger partial charge < -0.3 is 10.2 Å². The maximum atomic E-state index is 11.8. The molecule has 0 atom stereocenters. The summed E-state index contributed by atoms with van der Waals surface area (Å²) in [6.07, 6.45) is 3.22. The number of rotatable bonds is 4. The largest absolute Gasteiger partial charge is 0.356 e. The lowest BCUT2D eigenvalue weighted by molar-refractivity contribution is 0.597. The van der Waals surface area contributed by atoms with Crippen LogP contribution in [0.3, 0.4) is 0 Å². The average Bonchev–Trinajstić information content (AvgIpc) is 3.19. The van der Waals surface area contributed by atoms with Gasteiger partial charge in [-0.2, -0.15) is 5.10 Å². The molecule has 2 heterocycles. The van der Waals surface area contributed by atoms with Crippen molar-refractivity contribution in [2.45, 2.75) is 38.8 Å². The van der Waals surface area contributed by atoms with Crippen LogP contribution in [0.1, 0.15) is 30.5 Å². The highest BCUT2D eigenvalue weighted by Gasteiger charge is 2.26. The minimum atomic E-state index is -2.88. The topological polar surface area (TPSA) is 67.2 Å². The fourth-order valence-corrected chi connectivity index (χ4v) is 4.25. The standard InChI is InChI=1S/C14H24N4O2S/c1-11-13(10-15-12-4-5-12)14(17(2)16-11)18-6-3-8-21(19,20)9-7-18/h12,15H,3-10H2,1-2H3. The number of aryl methyl sites for hydroxylation is 2. The summed E-state index contributed by atoms with van der Waals surface area (Å²) in [5, 5.41) is 8.08. The molecule has 7 heteroatoms. The Morgan fingerprint density at radius 2 is 2.05 bits per heavy atom. The Bertz CT molecular complexity index is 619. The molecule has 2 aliphatic rings. The second-order valence-electron chi connectivity index (χ2n) is 6.16. The third-order valence-corrected chi connectivity index (χ3v) is 6.03. The Morgan fingerprint density at radius 1 is 1.29 bits per heavy atom. The van der Waals surface area contributed by atoms with Crippen LogP contribution >= 0.6 is 0 Å². The van der Waals surface area contributed by atoms with Crippen LogP contribution in [0, 0.1) is 6.92 Å². The van der Waals surface area contributed by atoms with E-state index in [0.29, 0.717) is 24.8 Å². The van der Waals surface area contributed by atoms with Gasteiger partial charge >= 0.3 is 0 Å². The molecule has 1 saturated carbocycles. The van der Waals surface area contributed by atoms with Crippen LogP contribution in [0.5, 0.6) is 0 Å². The van der Waals surface area contributed by atoms with Crippen molar-refractivity contribution in [2.24, 2.45) is 7.05 Å². The summed E-state index contributed by atoms with van der Waals surface area (Å²) in [6.45, 7) is 4.21. The fourth-order valence-electron chi connectivity index (χ4n) is 2.98. The molecular formula is C14H24N4O2S. The van der Waals surface area contributed by atoms with Gasteiger partial charge in [0.15, 0.2) is 9.84 Å². The van der Waals surface area contributed by atoms with Crippen molar-refractivity contribution in [1.82, 2.24) is 15.1 Å². The number of hydrogen-bond acceptors (Lipinski definition) is 5. The zero-order valence-electron chi connectivity index (χ0n) is 12.8. The molecule has 0 radical (unpaired) electrons. The minimum Gasteiger partial charge on any atom is -0.356 e. The van der Waals surface area contributed by atoms with Crippen LogP contribution in [0.4, 0.5) is 5.82 Å². The fraction of sp³-hybridized carbons (Fsp3) is 0.786. The molecule has 0 aromatic carbocycles. The number of nitrogens with zero attached hydrogens (tertiary/aromatic N) is 3. The minimum absolute atomic E-state index is 0.243. The van der Waals surface area contributed by atoms with E-state index in [1.165, 1.54) is 18.4 Å². The highest BCUT2D eigenvalue weighted by atomic mass is 32.2. The number of hydrogen-bond donors (Lipinski definition) is 1. The third kappa shape index (κ3) is 3.40. The first-order valence-corrected chi connectivity index (χ1v) is 9.49. The normalized spacial score (nSPS) is 22.3. The lowest BCUT2D eigenvalue weighted by Gasteiger charge is -2.23. The summed E-state index contributed by atoms with van der Waals surface area (Å²) in [4.78, 5) is 2.19. The van der Waals surface area contributed by atoms with E-state index in [9.17, 15) is 8.42 Å². The summed E-state index contributed by atoms with van der Waals surface area (Å²) < 4.78 is 25.5. The molecular weight excluding hydrogens is 288 g/mol. The van der Waals surface area contributed by atoms with Crippen molar-refractivity contribution >= 4 is 15.7 Å². The van der Waals surface area contributed by atoms with E-state index in [0.717, 1.165) is 24.6 Å². The Hall–Kier alpha value is -1.08. The van der Waals surface area contributed by atoms with Crippen LogP contribution < -0.4 is 10.2 Å². The van der Waals surface area contributed by atoms with E-state index in [4.69, 9.17) is 0 Å². The van der Waals surface area contributed by atoms with Crippen LogP contribution in [-0.4, -0.2) is 48.8 Å². The molecule has 0 spiro atoms. The zero-order chi connectivity index (χ0) is 15.0. The lowest BCUT2D eigenvalue weighted by atomic mass is 10.2. The summed E-state index contributed by atoms with van der Waals surface area (Å²) in [5.41, 5.74) is 2.25. The molecule has 1 saturated heterocycles. The zero-order valence-corrected chi connectivity index (χ0v) is 13.6. The van der Waals surface area contributed by atoms with E-state index in [1.54, 1.807) is 0 Å². The first kappa shape index (κ1) is 14.8. The summed E-state index contributed by atoms with van der Waals surface area (Å²) in [6, 6.07) is 0.655. The smallest absolute Gasteiger partial charge is 0.152 e. The average molecular weight is 312 g/mol. The molecule has 3 rings (SSSR count). The first-order chi connectivity index (χ1) is 9.96. The highest BCUT2D eigenvalue weighted by molar-refractivity contribution is 7.91. The van der Waals surface area contributed by atoms with Crippen LogP contribution in [-0.2, 0) is 23.4 Å². The predicted molar refractivity (Wildman–Crippen MR) is 83.3 cm³/mol. The second-order valence-corrected chi connectivity index (χ2v) is 8.46. The predicted octanol–water partition coefficient (Wildman–Crippen LogP) is 0.605. The molecule has 0 amide bonds. The molecule has 2 fully saturated rings. The molecule has 118 valence electrons. The first-order valence-electron chi connectivity index (χ1n) is 7.67. The SMILES string of the molecule is Cc1nn(C)c(N2CCCS(=O)(=O)CC2)c1CNC1CC1. The van der Waals surface area contributed by atoms with Gasteiger partial charge in [0.05, 0.1) is 17.2 Å².